The average molecular weight is 354 g/mol. The molecule has 5 nitrogen and oxygen atoms in total. The van der Waals surface area contributed by atoms with Crippen LogP contribution >= 0.6 is 0 Å². The molecule has 0 heterocycles. The van der Waals surface area contributed by atoms with Crippen LogP contribution in [0.2, 0.25) is 0 Å². The molecule has 0 fully saturated rings. The average Bonchev–Trinajstić information content (AvgIpc) is 2.65. The molecule has 2 amide bonds. The summed E-state index contributed by atoms with van der Waals surface area (Å²) in [7, 11) is 0. The van der Waals surface area contributed by atoms with E-state index in [9.17, 15) is 9.59 Å². The lowest BCUT2D eigenvalue weighted by Crippen LogP contribution is -2.46. The van der Waals surface area contributed by atoms with Crippen molar-refractivity contribution in [1.82, 2.24) is 10.6 Å². The summed E-state index contributed by atoms with van der Waals surface area (Å²) in [4.78, 5) is 24.4. The predicted octanol–water partition coefficient (Wildman–Crippen LogP) is 3.81. The summed E-state index contributed by atoms with van der Waals surface area (Å²) in [6.45, 7) is 5.90. The van der Waals surface area contributed by atoms with Gasteiger partial charge in [0.1, 0.15) is 12.6 Å². The van der Waals surface area contributed by atoms with E-state index in [1.807, 2.05) is 74.5 Å². The third-order valence-corrected chi connectivity index (χ3v) is 4.06. The standard InChI is InChI=1S/C21H26N2O3/c1-15(2)19(18-12-8-5-9-13-18)23-20(24)16(3)22-21(25)26-14-17-10-6-4-7-11-17/h4-13,15-16,19H,14H2,1-3H3,(H,22,25)(H,23,24)/t16-,19?/m0/s1. The molecule has 2 aromatic carbocycles. The molecule has 0 bridgehead atoms. The zero-order chi connectivity index (χ0) is 18.9. The normalized spacial score (nSPS) is 12.9. The molecule has 26 heavy (non-hydrogen) atoms. The van der Waals surface area contributed by atoms with Crippen LogP contribution in [0.1, 0.15) is 37.9 Å². The molecule has 0 saturated carbocycles. The largest absolute Gasteiger partial charge is 0.445 e. The Kier molecular flexibility index (Phi) is 7.21. The second kappa shape index (κ2) is 9.61. The van der Waals surface area contributed by atoms with E-state index in [1.165, 1.54) is 0 Å². The zero-order valence-electron chi connectivity index (χ0n) is 15.4. The van der Waals surface area contributed by atoms with E-state index in [1.54, 1.807) is 6.92 Å². The van der Waals surface area contributed by atoms with Crippen molar-refractivity contribution in [3.8, 4) is 0 Å². The summed E-state index contributed by atoms with van der Waals surface area (Å²) >= 11 is 0. The van der Waals surface area contributed by atoms with Gasteiger partial charge in [-0.15, -0.1) is 0 Å². The molecule has 0 spiro atoms. The van der Waals surface area contributed by atoms with Crippen LogP contribution in [-0.2, 0) is 16.1 Å². The van der Waals surface area contributed by atoms with Crippen LogP contribution in [0.15, 0.2) is 60.7 Å². The molecule has 1 unspecified atom stereocenters. The number of alkyl carbamates (subject to hydrolysis) is 1. The number of nitrogens with one attached hydrogen (secondary N) is 2. The lowest BCUT2D eigenvalue weighted by Gasteiger charge is -2.25. The molecule has 5 heteroatoms. The molecule has 2 rings (SSSR count). The summed E-state index contributed by atoms with van der Waals surface area (Å²) in [6.07, 6.45) is -0.614. The van der Waals surface area contributed by atoms with Gasteiger partial charge in [0.25, 0.3) is 0 Å². The topological polar surface area (TPSA) is 67.4 Å². The van der Waals surface area contributed by atoms with Gasteiger partial charge in [-0.1, -0.05) is 74.5 Å². The van der Waals surface area contributed by atoms with E-state index in [0.717, 1.165) is 11.1 Å². The lowest BCUT2D eigenvalue weighted by molar-refractivity contribution is -0.123. The second-order valence-corrected chi connectivity index (χ2v) is 6.57. The number of amides is 2. The molecule has 0 saturated heterocycles. The predicted molar refractivity (Wildman–Crippen MR) is 101 cm³/mol. The highest BCUT2D eigenvalue weighted by molar-refractivity contribution is 5.85. The monoisotopic (exact) mass is 354 g/mol. The number of benzene rings is 2. The Morgan fingerprint density at radius 3 is 2.04 bits per heavy atom. The highest BCUT2D eigenvalue weighted by Gasteiger charge is 2.22. The Morgan fingerprint density at radius 2 is 1.46 bits per heavy atom. The van der Waals surface area contributed by atoms with E-state index in [0.29, 0.717) is 0 Å². The first-order valence-corrected chi connectivity index (χ1v) is 8.80. The number of hydrogen-bond donors (Lipinski definition) is 2. The first kappa shape index (κ1) is 19.5. The molecule has 2 N–H and O–H groups in total. The summed E-state index contributed by atoms with van der Waals surface area (Å²) in [5, 5.41) is 5.57. The Morgan fingerprint density at radius 1 is 0.885 bits per heavy atom. The summed E-state index contributed by atoms with van der Waals surface area (Å²) in [5.41, 5.74) is 1.93. The lowest BCUT2D eigenvalue weighted by atomic mass is 9.96. The fraction of sp³-hybridized carbons (Fsp3) is 0.333. The van der Waals surface area contributed by atoms with E-state index >= 15 is 0 Å². The highest BCUT2D eigenvalue weighted by Crippen LogP contribution is 2.21. The molecule has 2 aromatic rings. The molecule has 138 valence electrons. The van der Waals surface area contributed by atoms with Crippen LogP contribution in [0.5, 0.6) is 0 Å². The van der Waals surface area contributed by atoms with Gasteiger partial charge in [-0.3, -0.25) is 4.79 Å². The van der Waals surface area contributed by atoms with Crippen LogP contribution < -0.4 is 10.6 Å². The van der Waals surface area contributed by atoms with Crippen molar-refractivity contribution in [2.24, 2.45) is 5.92 Å². The molecular weight excluding hydrogens is 328 g/mol. The number of rotatable bonds is 7. The smallest absolute Gasteiger partial charge is 0.408 e. The van der Waals surface area contributed by atoms with Crippen molar-refractivity contribution in [3.63, 3.8) is 0 Å². The number of carbonyl (C=O) groups excluding carboxylic acids is 2. The quantitative estimate of drug-likeness (QED) is 0.794. The molecule has 0 aliphatic rings. The maximum atomic E-state index is 12.5. The minimum atomic E-state index is -0.691. The van der Waals surface area contributed by atoms with Crippen LogP contribution in [0.3, 0.4) is 0 Å². The van der Waals surface area contributed by atoms with Crippen molar-refractivity contribution >= 4 is 12.0 Å². The number of hydrogen-bond acceptors (Lipinski definition) is 3. The minimum absolute atomic E-state index is 0.117. The molecule has 2 atom stereocenters. The molecule has 0 aromatic heterocycles. The van der Waals surface area contributed by atoms with Crippen LogP contribution in [0.4, 0.5) is 4.79 Å². The maximum Gasteiger partial charge on any atom is 0.408 e. The summed E-state index contributed by atoms with van der Waals surface area (Å²) in [6, 6.07) is 18.4. The van der Waals surface area contributed by atoms with Gasteiger partial charge in [-0.2, -0.15) is 0 Å². The third kappa shape index (κ3) is 5.92. The number of carbonyl (C=O) groups is 2. The molecule has 0 aliphatic heterocycles. The summed E-state index contributed by atoms with van der Waals surface area (Å²) < 4.78 is 5.16. The van der Waals surface area contributed by atoms with Gasteiger partial charge in [0.15, 0.2) is 0 Å². The molecule has 0 radical (unpaired) electrons. The number of ether oxygens (including phenoxy) is 1. The van der Waals surface area contributed by atoms with Gasteiger partial charge in [0, 0.05) is 0 Å². The van der Waals surface area contributed by atoms with Gasteiger partial charge in [0.2, 0.25) is 5.91 Å². The van der Waals surface area contributed by atoms with Crippen molar-refractivity contribution < 1.29 is 14.3 Å². The van der Waals surface area contributed by atoms with Crippen LogP contribution in [-0.4, -0.2) is 18.0 Å². The van der Waals surface area contributed by atoms with Gasteiger partial charge in [-0.05, 0) is 24.0 Å². The Balaban J connectivity index is 1.86. The van der Waals surface area contributed by atoms with Gasteiger partial charge < -0.3 is 15.4 Å². The van der Waals surface area contributed by atoms with Crippen molar-refractivity contribution in [3.05, 3.63) is 71.8 Å². The third-order valence-electron chi connectivity index (χ3n) is 4.06. The fourth-order valence-corrected chi connectivity index (χ4v) is 2.58. The zero-order valence-corrected chi connectivity index (χ0v) is 15.4. The first-order chi connectivity index (χ1) is 12.5. The fourth-order valence-electron chi connectivity index (χ4n) is 2.58. The Labute approximate surface area is 154 Å². The summed E-state index contributed by atoms with van der Waals surface area (Å²) in [5.74, 6) is -0.0252. The Bertz CT molecular complexity index is 702. The first-order valence-electron chi connectivity index (χ1n) is 8.80. The second-order valence-electron chi connectivity index (χ2n) is 6.57. The Hall–Kier alpha value is -2.82. The molecular formula is C21H26N2O3. The molecule has 0 aliphatic carbocycles. The van der Waals surface area contributed by atoms with Crippen molar-refractivity contribution in [1.29, 1.82) is 0 Å². The van der Waals surface area contributed by atoms with Gasteiger partial charge >= 0.3 is 6.09 Å². The van der Waals surface area contributed by atoms with Crippen molar-refractivity contribution in [2.45, 2.75) is 39.5 Å². The van der Waals surface area contributed by atoms with Gasteiger partial charge in [-0.25, -0.2) is 4.79 Å². The van der Waals surface area contributed by atoms with E-state index in [-0.39, 0.29) is 24.5 Å². The highest BCUT2D eigenvalue weighted by atomic mass is 16.5. The van der Waals surface area contributed by atoms with Gasteiger partial charge in [0.05, 0.1) is 6.04 Å². The van der Waals surface area contributed by atoms with E-state index < -0.39 is 12.1 Å². The SMILES string of the molecule is CC(C)C(NC(=O)[C@H](C)NC(=O)OCc1ccccc1)c1ccccc1. The van der Waals surface area contributed by atoms with E-state index in [2.05, 4.69) is 10.6 Å². The van der Waals surface area contributed by atoms with Crippen LogP contribution in [0, 0.1) is 5.92 Å². The van der Waals surface area contributed by atoms with E-state index in [4.69, 9.17) is 4.74 Å². The minimum Gasteiger partial charge on any atom is -0.445 e. The van der Waals surface area contributed by atoms with Crippen LogP contribution in [0.25, 0.3) is 0 Å². The van der Waals surface area contributed by atoms with Crippen molar-refractivity contribution in [2.75, 3.05) is 0 Å². The maximum absolute atomic E-state index is 12.5.